The average Bonchev–Trinajstić information content (AvgIpc) is 2.67. The van der Waals surface area contributed by atoms with E-state index in [4.69, 9.17) is 4.74 Å². The number of urea groups is 1. The van der Waals surface area contributed by atoms with E-state index in [1.165, 1.54) is 12.1 Å². The van der Waals surface area contributed by atoms with Crippen molar-refractivity contribution in [2.24, 2.45) is 0 Å². The summed E-state index contributed by atoms with van der Waals surface area (Å²) in [4.78, 5) is 22.5. The second-order valence-corrected chi connectivity index (χ2v) is 5.83. The third-order valence-electron chi connectivity index (χ3n) is 3.87. The first kappa shape index (κ1) is 18.9. The highest BCUT2D eigenvalue weighted by molar-refractivity contribution is 5.89. The summed E-state index contributed by atoms with van der Waals surface area (Å²) in [6.45, 7) is 2.70. The van der Waals surface area contributed by atoms with Gasteiger partial charge in [-0.15, -0.1) is 0 Å². The highest BCUT2D eigenvalue weighted by atomic mass is 19.4. The minimum atomic E-state index is -4.47. The number of halogens is 3. The van der Waals surface area contributed by atoms with Crippen LogP contribution < -0.4 is 15.5 Å². The minimum Gasteiger partial charge on any atom is -0.378 e. The molecule has 1 aromatic heterocycles. The average molecular weight is 381 g/mol. The third kappa shape index (κ3) is 5.30. The van der Waals surface area contributed by atoms with Gasteiger partial charge in [-0.1, -0.05) is 6.07 Å². The van der Waals surface area contributed by atoms with Gasteiger partial charge in [0.05, 0.1) is 31.0 Å². The second kappa shape index (κ2) is 8.21. The standard InChI is InChI=1S/C17H18F3N5O2/c18-17(19,20)12-2-1-3-13(10-12)24-16(26)22-11-14-4-5-21-15(23-14)25-6-8-27-9-7-25/h1-5,10H,6-9,11H2,(H2,22,24,26). The summed E-state index contributed by atoms with van der Waals surface area (Å²) >= 11 is 0. The smallest absolute Gasteiger partial charge is 0.378 e. The van der Waals surface area contributed by atoms with Gasteiger partial charge in [-0.25, -0.2) is 14.8 Å². The van der Waals surface area contributed by atoms with Gasteiger partial charge in [0.15, 0.2) is 0 Å². The summed E-state index contributed by atoms with van der Waals surface area (Å²) in [6.07, 6.45) is -2.87. The van der Waals surface area contributed by atoms with Crippen molar-refractivity contribution in [2.45, 2.75) is 12.7 Å². The van der Waals surface area contributed by atoms with Crippen LogP contribution in [0, 0.1) is 0 Å². The fraction of sp³-hybridized carbons (Fsp3) is 0.353. The minimum absolute atomic E-state index is 0.0546. The number of aromatic nitrogens is 2. The predicted octanol–water partition coefficient (Wildman–Crippen LogP) is 2.65. The van der Waals surface area contributed by atoms with E-state index in [-0.39, 0.29) is 12.2 Å². The molecule has 10 heteroatoms. The Hall–Kier alpha value is -2.88. The second-order valence-electron chi connectivity index (χ2n) is 5.83. The van der Waals surface area contributed by atoms with Crippen molar-refractivity contribution in [3.8, 4) is 0 Å². The number of anilines is 2. The molecule has 27 heavy (non-hydrogen) atoms. The van der Waals surface area contributed by atoms with Crippen molar-refractivity contribution in [1.29, 1.82) is 0 Å². The number of morpholine rings is 1. The first-order chi connectivity index (χ1) is 12.9. The number of ether oxygens (including phenoxy) is 1. The molecule has 3 rings (SSSR count). The molecule has 1 aliphatic heterocycles. The fourth-order valence-corrected chi connectivity index (χ4v) is 2.52. The van der Waals surface area contributed by atoms with E-state index in [0.29, 0.717) is 37.9 Å². The number of amides is 2. The molecule has 0 radical (unpaired) electrons. The molecule has 1 fully saturated rings. The molecule has 2 N–H and O–H groups in total. The van der Waals surface area contributed by atoms with E-state index in [0.717, 1.165) is 12.1 Å². The summed E-state index contributed by atoms with van der Waals surface area (Å²) in [5.74, 6) is 0.552. The summed E-state index contributed by atoms with van der Waals surface area (Å²) in [5.41, 5.74) is -0.184. The van der Waals surface area contributed by atoms with Gasteiger partial charge < -0.3 is 20.3 Å². The molecule has 0 bridgehead atoms. The Morgan fingerprint density at radius 2 is 2.00 bits per heavy atom. The number of hydrogen-bond donors (Lipinski definition) is 2. The van der Waals surface area contributed by atoms with Gasteiger partial charge in [0, 0.05) is 25.0 Å². The summed E-state index contributed by atoms with van der Waals surface area (Å²) < 4.78 is 43.4. The number of benzene rings is 1. The highest BCUT2D eigenvalue weighted by Crippen LogP contribution is 2.30. The van der Waals surface area contributed by atoms with Gasteiger partial charge in [0.2, 0.25) is 5.95 Å². The molecule has 2 aromatic rings. The molecule has 1 saturated heterocycles. The van der Waals surface area contributed by atoms with Gasteiger partial charge >= 0.3 is 12.2 Å². The third-order valence-corrected chi connectivity index (χ3v) is 3.87. The molecule has 1 aliphatic rings. The first-order valence-corrected chi connectivity index (χ1v) is 8.28. The van der Waals surface area contributed by atoms with Crippen molar-refractivity contribution in [3.05, 3.63) is 47.8 Å². The zero-order valence-corrected chi connectivity index (χ0v) is 14.3. The van der Waals surface area contributed by atoms with Gasteiger partial charge in [-0.05, 0) is 24.3 Å². The number of carbonyl (C=O) groups is 1. The van der Waals surface area contributed by atoms with Crippen LogP contribution in [-0.4, -0.2) is 42.3 Å². The SMILES string of the molecule is O=C(NCc1ccnc(N2CCOCC2)n1)Nc1cccc(C(F)(F)F)c1. The fourth-order valence-electron chi connectivity index (χ4n) is 2.52. The quantitative estimate of drug-likeness (QED) is 0.851. The molecule has 0 atom stereocenters. The topological polar surface area (TPSA) is 79.4 Å². The maximum atomic E-state index is 12.7. The lowest BCUT2D eigenvalue weighted by molar-refractivity contribution is -0.137. The molecule has 1 aromatic carbocycles. The zero-order chi connectivity index (χ0) is 19.3. The summed E-state index contributed by atoms with van der Waals surface area (Å²) in [5, 5.41) is 4.95. The number of rotatable bonds is 4. The van der Waals surface area contributed by atoms with E-state index in [9.17, 15) is 18.0 Å². The van der Waals surface area contributed by atoms with Crippen molar-refractivity contribution in [3.63, 3.8) is 0 Å². The van der Waals surface area contributed by atoms with Crippen LogP contribution in [0.1, 0.15) is 11.3 Å². The Bertz CT molecular complexity index is 794. The molecule has 0 aliphatic carbocycles. The molecular formula is C17H18F3N5O2. The molecule has 2 heterocycles. The van der Waals surface area contributed by atoms with Crippen LogP contribution >= 0.6 is 0 Å². The molecule has 0 saturated carbocycles. The maximum absolute atomic E-state index is 12.7. The molecule has 7 nitrogen and oxygen atoms in total. The summed E-state index contributed by atoms with van der Waals surface area (Å²) in [7, 11) is 0. The lowest BCUT2D eigenvalue weighted by atomic mass is 10.2. The van der Waals surface area contributed by atoms with Crippen LogP contribution in [0.4, 0.5) is 29.6 Å². The number of nitrogens with zero attached hydrogens (tertiary/aromatic N) is 3. The van der Waals surface area contributed by atoms with Crippen LogP contribution in [0.5, 0.6) is 0 Å². The molecule has 0 spiro atoms. The van der Waals surface area contributed by atoms with Crippen LogP contribution in [0.25, 0.3) is 0 Å². The Kier molecular flexibility index (Phi) is 5.75. The van der Waals surface area contributed by atoms with Gasteiger partial charge in [-0.3, -0.25) is 0 Å². The van der Waals surface area contributed by atoms with Gasteiger partial charge in [0.25, 0.3) is 0 Å². The van der Waals surface area contributed by atoms with E-state index in [1.807, 2.05) is 4.90 Å². The van der Waals surface area contributed by atoms with Crippen LogP contribution in [-0.2, 0) is 17.5 Å². The van der Waals surface area contributed by atoms with E-state index in [2.05, 4.69) is 20.6 Å². The Labute approximate surface area is 153 Å². The maximum Gasteiger partial charge on any atom is 0.416 e. The van der Waals surface area contributed by atoms with Crippen LogP contribution in [0.3, 0.4) is 0 Å². The van der Waals surface area contributed by atoms with Crippen LogP contribution in [0.2, 0.25) is 0 Å². The van der Waals surface area contributed by atoms with Gasteiger partial charge in [-0.2, -0.15) is 13.2 Å². The number of hydrogen-bond acceptors (Lipinski definition) is 5. The molecule has 2 amide bonds. The molecular weight excluding hydrogens is 363 g/mol. The van der Waals surface area contributed by atoms with Gasteiger partial charge in [0.1, 0.15) is 0 Å². The van der Waals surface area contributed by atoms with Crippen molar-refractivity contribution < 1.29 is 22.7 Å². The number of alkyl halides is 3. The van der Waals surface area contributed by atoms with Crippen molar-refractivity contribution in [2.75, 3.05) is 36.5 Å². The first-order valence-electron chi connectivity index (χ1n) is 8.28. The van der Waals surface area contributed by atoms with E-state index < -0.39 is 17.8 Å². The normalized spacial score (nSPS) is 14.7. The lowest BCUT2D eigenvalue weighted by Gasteiger charge is -2.26. The number of nitrogens with one attached hydrogen (secondary N) is 2. The Balaban J connectivity index is 1.56. The lowest BCUT2D eigenvalue weighted by Crippen LogP contribution is -2.37. The monoisotopic (exact) mass is 381 g/mol. The largest absolute Gasteiger partial charge is 0.416 e. The predicted molar refractivity (Wildman–Crippen MR) is 92.4 cm³/mol. The molecule has 0 unspecified atom stereocenters. The summed E-state index contributed by atoms with van der Waals surface area (Å²) in [6, 6.07) is 5.47. The Morgan fingerprint density at radius 3 is 2.74 bits per heavy atom. The van der Waals surface area contributed by atoms with Crippen LogP contribution in [0.15, 0.2) is 36.5 Å². The van der Waals surface area contributed by atoms with Crippen molar-refractivity contribution in [1.82, 2.24) is 15.3 Å². The molecule has 144 valence electrons. The highest BCUT2D eigenvalue weighted by Gasteiger charge is 2.30. The zero-order valence-electron chi connectivity index (χ0n) is 14.3. The number of carbonyl (C=O) groups excluding carboxylic acids is 1. The van der Waals surface area contributed by atoms with E-state index in [1.54, 1.807) is 12.3 Å². The Morgan fingerprint density at radius 1 is 1.22 bits per heavy atom. The van der Waals surface area contributed by atoms with Crippen molar-refractivity contribution >= 4 is 17.7 Å². The van der Waals surface area contributed by atoms with E-state index >= 15 is 0 Å².